The van der Waals surface area contributed by atoms with E-state index in [1.54, 1.807) is 13.8 Å². The highest BCUT2D eigenvalue weighted by Crippen LogP contribution is 2.46. The number of ether oxygens (including phenoxy) is 1. The molecular weight excluding hydrogens is 505 g/mol. The number of methoxy groups -OCH3 is 1. The van der Waals surface area contributed by atoms with Crippen LogP contribution in [0.15, 0.2) is 50.2 Å². The molecule has 182 valence electrons. The topological polar surface area (TPSA) is 101 Å². The van der Waals surface area contributed by atoms with E-state index in [0.717, 1.165) is 35.2 Å². The molecule has 0 spiro atoms. The Morgan fingerprint density at radius 1 is 1.14 bits per heavy atom. The smallest absolute Gasteiger partial charge is 0.346 e. The van der Waals surface area contributed by atoms with Gasteiger partial charge in [0, 0.05) is 20.6 Å². The quantitative estimate of drug-likeness (QED) is 0.350. The zero-order valence-electron chi connectivity index (χ0n) is 18.4. The number of fused-ring (bicyclic) bond motifs is 1. The molecule has 12 heteroatoms. The minimum Gasteiger partial charge on any atom is -0.496 e. The first-order chi connectivity index (χ1) is 16.5. The molecule has 0 atom stereocenters. The molecule has 7 nitrogen and oxygen atoms in total. The van der Waals surface area contributed by atoms with Crippen molar-refractivity contribution in [3.8, 4) is 11.4 Å². The van der Waals surface area contributed by atoms with E-state index in [0.29, 0.717) is 9.46 Å². The van der Waals surface area contributed by atoms with Crippen molar-refractivity contribution in [3.63, 3.8) is 0 Å². The molecule has 4 aromatic rings. The molecule has 0 saturated heterocycles. The minimum absolute atomic E-state index is 0.0272. The van der Waals surface area contributed by atoms with E-state index in [9.17, 15) is 32.7 Å². The lowest BCUT2D eigenvalue weighted by Gasteiger charge is -2.27. The van der Waals surface area contributed by atoms with Crippen molar-refractivity contribution in [1.29, 1.82) is 0 Å². The van der Waals surface area contributed by atoms with E-state index < -0.39 is 45.1 Å². The first-order valence-corrected chi connectivity index (χ1v) is 11.7. The summed E-state index contributed by atoms with van der Waals surface area (Å²) in [4.78, 5) is 39.7. The number of nitrogens with zero attached hydrogens (tertiary/aromatic N) is 1. The monoisotopic (exact) mass is 522 g/mol. The van der Waals surface area contributed by atoms with E-state index in [4.69, 9.17) is 4.74 Å². The number of H-pyrrole nitrogens is 1. The maximum absolute atomic E-state index is 14.8. The van der Waals surface area contributed by atoms with Gasteiger partial charge in [0.15, 0.2) is 11.6 Å². The van der Waals surface area contributed by atoms with Gasteiger partial charge >= 0.3 is 11.7 Å². The summed E-state index contributed by atoms with van der Waals surface area (Å²) in [5, 5.41) is 10.4. The summed E-state index contributed by atoms with van der Waals surface area (Å²) >= 11 is 1.78. The molecule has 2 heterocycles. The third-order valence-corrected chi connectivity index (χ3v) is 7.43. The van der Waals surface area contributed by atoms with Crippen molar-refractivity contribution in [3.05, 3.63) is 84.4 Å². The summed E-state index contributed by atoms with van der Waals surface area (Å²) in [5.41, 5.74) is -2.42. The highest BCUT2D eigenvalue weighted by atomic mass is 32.2. The van der Waals surface area contributed by atoms with Crippen LogP contribution in [0.2, 0.25) is 0 Å². The summed E-state index contributed by atoms with van der Waals surface area (Å²) in [7, 11) is 1.32. The van der Waals surface area contributed by atoms with Gasteiger partial charge in [0.25, 0.3) is 5.56 Å². The Labute approximate surface area is 203 Å². The lowest BCUT2D eigenvalue weighted by molar-refractivity contribution is 0.0704. The standard InChI is InChI=1S/C23H17F3N2O5S2/c1-23(2,17-15(33-3)7-6-12(25)18(17)26)35-10-4-5-11(24)14(8-10)28-20(29)16-13(27-22(28)32)9-34-19(16)21(30)31/h4-9H,1-3H3,(H,27,32)(H,30,31). The van der Waals surface area contributed by atoms with Gasteiger partial charge in [-0.3, -0.25) is 4.79 Å². The van der Waals surface area contributed by atoms with Crippen molar-refractivity contribution in [2.45, 2.75) is 23.5 Å². The zero-order chi connectivity index (χ0) is 25.7. The minimum atomic E-state index is -1.36. The number of aromatic carboxylic acids is 1. The van der Waals surface area contributed by atoms with Crippen molar-refractivity contribution in [1.82, 2.24) is 9.55 Å². The maximum atomic E-state index is 14.8. The summed E-state index contributed by atoms with van der Waals surface area (Å²) < 4.78 is 48.1. The third-order valence-electron chi connectivity index (χ3n) is 5.26. The number of carboxylic acids is 1. The summed E-state index contributed by atoms with van der Waals surface area (Å²) in [5.74, 6) is -4.33. The average molecular weight is 523 g/mol. The number of hydrogen-bond acceptors (Lipinski definition) is 6. The molecule has 35 heavy (non-hydrogen) atoms. The molecule has 0 aliphatic rings. The van der Waals surface area contributed by atoms with Gasteiger partial charge in [0.1, 0.15) is 16.4 Å². The van der Waals surface area contributed by atoms with E-state index in [2.05, 4.69) is 4.98 Å². The molecule has 0 aliphatic heterocycles. The Hall–Kier alpha value is -3.51. The number of aromatic amines is 1. The number of hydrogen-bond donors (Lipinski definition) is 2. The Morgan fingerprint density at radius 2 is 1.83 bits per heavy atom. The van der Waals surface area contributed by atoms with Crippen LogP contribution in [0, 0.1) is 17.5 Å². The number of nitrogens with one attached hydrogen (secondary N) is 1. The van der Waals surface area contributed by atoms with Gasteiger partial charge < -0.3 is 14.8 Å². The van der Waals surface area contributed by atoms with Crippen molar-refractivity contribution in [2.24, 2.45) is 0 Å². The molecule has 0 fully saturated rings. The lowest BCUT2D eigenvalue weighted by atomic mass is 10.00. The Kier molecular flexibility index (Phi) is 6.28. The molecule has 0 unspecified atom stereocenters. The van der Waals surface area contributed by atoms with Gasteiger partial charge in [-0.2, -0.15) is 0 Å². The van der Waals surface area contributed by atoms with Crippen molar-refractivity contribution < 1.29 is 27.8 Å². The lowest BCUT2D eigenvalue weighted by Crippen LogP contribution is -2.34. The molecule has 0 radical (unpaired) electrons. The number of carboxylic acid groups (broad SMARTS) is 1. The summed E-state index contributed by atoms with van der Waals surface area (Å²) in [6.07, 6.45) is 0. The Morgan fingerprint density at radius 3 is 2.49 bits per heavy atom. The Bertz CT molecular complexity index is 1610. The van der Waals surface area contributed by atoms with Crippen LogP contribution in [0.5, 0.6) is 5.75 Å². The number of thioether (sulfide) groups is 1. The number of aromatic nitrogens is 2. The van der Waals surface area contributed by atoms with Gasteiger partial charge in [0.05, 0.1) is 23.7 Å². The summed E-state index contributed by atoms with van der Waals surface area (Å²) in [6, 6.07) is 5.83. The van der Waals surface area contributed by atoms with E-state index in [1.807, 2.05) is 0 Å². The van der Waals surface area contributed by atoms with Gasteiger partial charge in [-0.15, -0.1) is 23.1 Å². The number of benzene rings is 2. The third kappa shape index (κ3) is 4.23. The van der Waals surface area contributed by atoms with Crippen molar-refractivity contribution >= 4 is 40.0 Å². The molecule has 2 aromatic carbocycles. The number of halogens is 3. The van der Waals surface area contributed by atoms with E-state index in [1.165, 1.54) is 30.7 Å². The first kappa shape index (κ1) is 24.6. The highest BCUT2D eigenvalue weighted by Gasteiger charge is 2.32. The molecule has 0 bridgehead atoms. The SMILES string of the molecule is COc1ccc(F)c(F)c1C(C)(C)Sc1ccc(F)c(-n2c(=O)[nH]c3csc(C(=O)O)c3c2=O)c1. The molecule has 0 saturated carbocycles. The molecule has 4 rings (SSSR count). The van der Waals surface area contributed by atoms with Crippen LogP contribution in [0.1, 0.15) is 29.1 Å². The van der Waals surface area contributed by atoms with Gasteiger partial charge in [-0.1, -0.05) is 0 Å². The van der Waals surface area contributed by atoms with Gasteiger partial charge in [-0.25, -0.2) is 27.3 Å². The zero-order valence-corrected chi connectivity index (χ0v) is 20.1. The molecule has 2 N–H and O–H groups in total. The fraction of sp³-hybridized carbons (Fsp3) is 0.174. The largest absolute Gasteiger partial charge is 0.496 e. The van der Waals surface area contributed by atoms with Crippen LogP contribution in [-0.4, -0.2) is 27.7 Å². The molecule has 0 amide bonds. The van der Waals surface area contributed by atoms with Gasteiger partial charge in [0.2, 0.25) is 0 Å². The number of carbonyl (C=O) groups is 1. The average Bonchev–Trinajstić information content (AvgIpc) is 3.21. The first-order valence-electron chi connectivity index (χ1n) is 9.97. The Balaban J connectivity index is 1.86. The number of thiophene rings is 1. The highest BCUT2D eigenvalue weighted by molar-refractivity contribution is 8.00. The maximum Gasteiger partial charge on any atom is 0.346 e. The van der Waals surface area contributed by atoms with Crippen LogP contribution in [0.25, 0.3) is 16.6 Å². The van der Waals surface area contributed by atoms with E-state index in [-0.39, 0.29) is 27.1 Å². The van der Waals surface area contributed by atoms with Crippen molar-refractivity contribution in [2.75, 3.05) is 7.11 Å². The molecule has 0 aliphatic carbocycles. The normalized spacial score (nSPS) is 11.7. The van der Waals surface area contributed by atoms with Crippen LogP contribution >= 0.6 is 23.1 Å². The second-order valence-corrected chi connectivity index (χ2v) is 10.5. The fourth-order valence-corrected chi connectivity index (χ4v) is 5.77. The predicted molar refractivity (Wildman–Crippen MR) is 127 cm³/mol. The van der Waals surface area contributed by atoms with Gasteiger partial charge in [-0.05, 0) is 44.2 Å². The molecule has 2 aromatic heterocycles. The van der Waals surface area contributed by atoms with Crippen LogP contribution in [0.3, 0.4) is 0 Å². The summed E-state index contributed by atoms with van der Waals surface area (Å²) in [6.45, 7) is 3.22. The second-order valence-electron chi connectivity index (χ2n) is 7.89. The van der Waals surface area contributed by atoms with Crippen LogP contribution < -0.4 is 16.0 Å². The van der Waals surface area contributed by atoms with Crippen LogP contribution in [-0.2, 0) is 4.75 Å². The van der Waals surface area contributed by atoms with E-state index >= 15 is 0 Å². The molecular formula is C23H17F3N2O5S2. The van der Waals surface area contributed by atoms with Crippen LogP contribution in [0.4, 0.5) is 13.2 Å². The predicted octanol–water partition coefficient (Wildman–Crippen LogP) is 4.89. The number of rotatable bonds is 6. The second kappa shape index (κ2) is 8.93. The fourth-order valence-electron chi connectivity index (χ4n) is 3.75.